The van der Waals surface area contributed by atoms with Crippen molar-refractivity contribution in [3.63, 3.8) is 0 Å². The first kappa shape index (κ1) is 42.4. The number of carbonyl (C=O) groups excluding carboxylic acids is 4. The fraction of sp³-hybridized carbons (Fsp3) is 0.564. The summed E-state index contributed by atoms with van der Waals surface area (Å²) in [6.45, 7) is 4.25. The molecule has 7 N–H and O–H groups in total. The van der Waals surface area contributed by atoms with Gasteiger partial charge in [-0.25, -0.2) is 14.4 Å². The minimum absolute atomic E-state index is 0.0166. The lowest BCUT2D eigenvalue weighted by molar-refractivity contribution is -0.141. The van der Waals surface area contributed by atoms with Crippen LogP contribution in [0.2, 0.25) is 0 Å². The van der Waals surface area contributed by atoms with Gasteiger partial charge in [0.2, 0.25) is 11.8 Å². The van der Waals surface area contributed by atoms with Gasteiger partial charge in [-0.2, -0.15) is 0 Å². The highest BCUT2D eigenvalue weighted by atomic mass is 16.4. The van der Waals surface area contributed by atoms with Gasteiger partial charge in [-0.1, -0.05) is 56.3 Å². The number of carboxylic acids is 3. The molecule has 4 amide bonds. The van der Waals surface area contributed by atoms with E-state index in [0.29, 0.717) is 43.9 Å². The lowest BCUT2D eigenvalue weighted by atomic mass is 9.79. The molecule has 0 radical (unpaired) electrons. The maximum Gasteiger partial charge on any atom is 0.326 e. The summed E-state index contributed by atoms with van der Waals surface area (Å²) in [4.78, 5) is 85.4. The number of aliphatic carboxylic acids is 3. The van der Waals surface area contributed by atoms with Crippen molar-refractivity contribution in [2.45, 2.75) is 115 Å². The summed E-state index contributed by atoms with van der Waals surface area (Å²) in [5, 5.41) is 39.8. The van der Waals surface area contributed by atoms with E-state index in [1.807, 2.05) is 56.3 Å². The zero-order valence-electron chi connectivity index (χ0n) is 30.6. The molecule has 2 aromatic carbocycles. The first-order valence-electron chi connectivity index (χ1n) is 18.5. The average Bonchev–Trinajstić information content (AvgIpc) is 3.11. The summed E-state index contributed by atoms with van der Waals surface area (Å²) in [6.07, 6.45) is 5.10. The van der Waals surface area contributed by atoms with Gasteiger partial charge in [0.05, 0.1) is 0 Å². The molecule has 1 aliphatic rings. The van der Waals surface area contributed by atoms with E-state index >= 15 is 0 Å². The normalized spacial score (nSPS) is 17.3. The Morgan fingerprint density at radius 1 is 0.736 bits per heavy atom. The number of carboxylic acid groups (broad SMARTS) is 3. The van der Waals surface area contributed by atoms with E-state index in [-0.39, 0.29) is 55.7 Å². The van der Waals surface area contributed by atoms with Gasteiger partial charge in [0.1, 0.15) is 23.9 Å². The third-order valence-electron chi connectivity index (χ3n) is 9.64. The van der Waals surface area contributed by atoms with E-state index in [1.165, 1.54) is 0 Å². The number of hydrogen-bond acceptors (Lipinski definition) is 7. The van der Waals surface area contributed by atoms with Crippen LogP contribution in [0.5, 0.6) is 0 Å². The largest absolute Gasteiger partial charge is 0.481 e. The summed E-state index contributed by atoms with van der Waals surface area (Å²) in [5.74, 6) is -3.79. The zero-order chi connectivity index (χ0) is 38.9. The maximum absolute atomic E-state index is 13.5. The third-order valence-corrected chi connectivity index (χ3v) is 9.64. The van der Waals surface area contributed by atoms with Gasteiger partial charge in [-0.15, -0.1) is 0 Å². The number of rotatable bonds is 22. The Morgan fingerprint density at radius 3 is 2.00 bits per heavy atom. The van der Waals surface area contributed by atoms with Crippen LogP contribution in [-0.4, -0.2) is 81.5 Å². The number of benzene rings is 2. The summed E-state index contributed by atoms with van der Waals surface area (Å²) < 4.78 is 0. The van der Waals surface area contributed by atoms with Crippen molar-refractivity contribution in [2.75, 3.05) is 6.54 Å². The van der Waals surface area contributed by atoms with Crippen LogP contribution in [0.25, 0.3) is 10.8 Å². The van der Waals surface area contributed by atoms with E-state index in [9.17, 15) is 43.8 Å². The van der Waals surface area contributed by atoms with Crippen LogP contribution in [0.3, 0.4) is 0 Å². The Balaban J connectivity index is 1.54. The van der Waals surface area contributed by atoms with Crippen molar-refractivity contribution < 1.29 is 48.9 Å². The highest BCUT2D eigenvalue weighted by Gasteiger charge is 2.30. The first-order valence-corrected chi connectivity index (χ1v) is 18.5. The van der Waals surface area contributed by atoms with Crippen molar-refractivity contribution in [1.29, 1.82) is 0 Å². The fourth-order valence-electron chi connectivity index (χ4n) is 6.69. The summed E-state index contributed by atoms with van der Waals surface area (Å²) in [7, 11) is 0. The second-order valence-electron chi connectivity index (χ2n) is 14.5. The van der Waals surface area contributed by atoms with Crippen LogP contribution >= 0.6 is 0 Å². The number of urea groups is 1. The van der Waals surface area contributed by atoms with Gasteiger partial charge in [0.15, 0.2) is 0 Å². The molecule has 1 aliphatic carbocycles. The van der Waals surface area contributed by atoms with E-state index in [4.69, 9.17) is 5.11 Å². The molecular formula is C39H54N4O10. The summed E-state index contributed by atoms with van der Waals surface area (Å²) in [6, 6.07) is 8.98. The topological polar surface area (TPSA) is 228 Å². The fourth-order valence-corrected chi connectivity index (χ4v) is 6.69. The predicted molar refractivity (Wildman–Crippen MR) is 197 cm³/mol. The number of unbranched alkanes of at least 4 members (excludes halogenated alkanes) is 1. The highest BCUT2D eigenvalue weighted by Crippen LogP contribution is 2.32. The lowest BCUT2D eigenvalue weighted by Gasteiger charge is -2.29. The second kappa shape index (κ2) is 21.5. The molecule has 1 fully saturated rings. The van der Waals surface area contributed by atoms with Crippen molar-refractivity contribution in [2.24, 2.45) is 17.8 Å². The number of nitrogens with one attached hydrogen (secondary N) is 4. The number of Topliss-reactive ketones (excluding diaryl/α,β-unsaturated/α-hetero) is 1. The van der Waals surface area contributed by atoms with Gasteiger partial charge < -0.3 is 36.6 Å². The van der Waals surface area contributed by atoms with Crippen molar-refractivity contribution in [3.8, 4) is 0 Å². The Hall–Kier alpha value is -5.01. The van der Waals surface area contributed by atoms with Gasteiger partial charge in [0.25, 0.3) is 0 Å². The predicted octanol–water partition coefficient (Wildman–Crippen LogP) is 4.43. The van der Waals surface area contributed by atoms with Crippen LogP contribution in [0.15, 0.2) is 42.5 Å². The number of carbonyl (C=O) groups is 7. The van der Waals surface area contributed by atoms with Crippen LogP contribution in [-0.2, 0) is 35.2 Å². The van der Waals surface area contributed by atoms with Crippen LogP contribution in [0.4, 0.5) is 4.79 Å². The molecule has 1 unspecified atom stereocenters. The standard InChI is InChI=1S/C39H54N4O10/c1-24(2)21-30(44)17-13-25-10-15-28(16-11-25)35(47)41-33(23-26-12-14-27-7-3-4-8-29(27)22-26)36(48)40-20-6-5-9-31(37(49)50)42-39(53)43-32(38(51)52)18-19-34(45)46/h3-4,7-8,12,14,22,24-25,28,31-33H,5-6,9-11,13,15-21,23H2,1-2H3,(H,40,48)(H,41,47)(H,45,46)(H,49,50)(H,51,52)(H2,42,43,53)/t25?,28?,31-,32-,33?/m0/s1. The summed E-state index contributed by atoms with van der Waals surface area (Å²) >= 11 is 0. The van der Waals surface area contributed by atoms with Crippen LogP contribution in [0, 0.1) is 17.8 Å². The lowest BCUT2D eigenvalue weighted by Crippen LogP contribution is -2.51. The molecule has 3 rings (SSSR count). The molecule has 2 aromatic rings. The van der Waals surface area contributed by atoms with Crippen LogP contribution in [0.1, 0.15) is 96.5 Å². The monoisotopic (exact) mass is 738 g/mol. The van der Waals surface area contributed by atoms with E-state index in [0.717, 1.165) is 35.6 Å². The van der Waals surface area contributed by atoms with E-state index in [1.54, 1.807) is 0 Å². The molecule has 0 spiro atoms. The molecule has 1 saturated carbocycles. The quantitative estimate of drug-likeness (QED) is 0.0841. The first-order chi connectivity index (χ1) is 25.2. The molecule has 53 heavy (non-hydrogen) atoms. The van der Waals surface area contributed by atoms with Crippen molar-refractivity contribution in [1.82, 2.24) is 21.3 Å². The number of ketones is 1. The SMILES string of the molecule is CC(C)CC(=O)CCC1CCC(C(=O)NC(Cc2ccc3ccccc3c2)C(=O)NCCCC[C@H](NC(=O)N[C@@H](CCC(=O)O)C(=O)O)C(=O)O)CC1. The molecule has 0 saturated heterocycles. The minimum Gasteiger partial charge on any atom is -0.481 e. The highest BCUT2D eigenvalue weighted by molar-refractivity contribution is 5.89. The molecule has 0 aromatic heterocycles. The Morgan fingerprint density at radius 2 is 1.38 bits per heavy atom. The molecule has 0 heterocycles. The third kappa shape index (κ3) is 15.2. The molecule has 290 valence electrons. The van der Waals surface area contributed by atoms with Crippen molar-refractivity contribution in [3.05, 3.63) is 48.0 Å². The number of fused-ring (bicyclic) bond motifs is 1. The Labute approximate surface area is 309 Å². The Bertz CT molecular complexity index is 1590. The molecule has 14 nitrogen and oxygen atoms in total. The summed E-state index contributed by atoms with van der Waals surface area (Å²) in [5.41, 5.74) is 0.876. The molecule has 0 aliphatic heterocycles. The second-order valence-corrected chi connectivity index (χ2v) is 14.5. The molecule has 0 bridgehead atoms. The van der Waals surface area contributed by atoms with Crippen LogP contribution < -0.4 is 21.3 Å². The molecular weight excluding hydrogens is 684 g/mol. The van der Waals surface area contributed by atoms with E-state index < -0.39 is 48.5 Å². The Kier molecular flexibility index (Phi) is 17.2. The van der Waals surface area contributed by atoms with E-state index in [2.05, 4.69) is 21.3 Å². The van der Waals surface area contributed by atoms with Gasteiger partial charge in [0, 0.05) is 38.1 Å². The molecule has 3 atom stereocenters. The van der Waals surface area contributed by atoms with Crippen molar-refractivity contribution >= 4 is 52.3 Å². The number of amides is 4. The molecule has 14 heteroatoms. The average molecular weight is 739 g/mol. The van der Waals surface area contributed by atoms with Gasteiger partial charge in [-0.05, 0) is 86.0 Å². The zero-order valence-corrected chi connectivity index (χ0v) is 30.6. The van der Waals surface area contributed by atoms with Gasteiger partial charge >= 0.3 is 23.9 Å². The maximum atomic E-state index is 13.5. The van der Waals surface area contributed by atoms with Gasteiger partial charge in [-0.3, -0.25) is 19.2 Å². The smallest absolute Gasteiger partial charge is 0.326 e. The number of hydrogen-bond donors (Lipinski definition) is 7. The minimum atomic E-state index is -1.51.